The molecule has 2 rings (SSSR count). The van der Waals surface area contributed by atoms with Gasteiger partial charge in [-0.3, -0.25) is 0 Å². The highest BCUT2D eigenvalue weighted by molar-refractivity contribution is 9.10. The van der Waals surface area contributed by atoms with Gasteiger partial charge < -0.3 is 10.7 Å². The second kappa shape index (κ2) is 5.99. The number of halogens is 1. The molecule has 0 aliphatic carbocycles. The molecule has 5 nitrogen and oxygen atoms in total. The van der Waals surface area contributed by atoms with E-state index in [1.165, 1.54) is 0 Å². The zero-order valence-electron chi connectivity index (χ0n) is 10.9. The van der Waals surface area contributed by atoms with Gasteiger partial charge >= 0.3 is 0 Å². The van der Waals surface area contributed by atoms with Gasteiger partial charge in [0.2, 0.25) is 0 Å². The van der Waals surface area contributed by atoms with Crippen LogP contribution in [0.2, 0.25) is 0 Å². The summed E-state index contributed by atoms with van der Waals surface area (Å²) in [7, 11) is 0. The van der Waals surface area contributed by atoms with Crippen molar-refractivity contribution in [2.24, 2.45) is 5.84 Å². The third kappa shape index (κ3) is 3.21. The highest BCUT2D eigenvalue weighted by Gasteiger charge is 2.09. The Hall–Kier alpha value is -1.66. The van der Waals surface area contributed by atoms with E-state index in [2.05, 4.69) is 36.6 Å². The number of hydrazine groups is 1. The van der Waals surface area contributed by atoms with E-state index in [1.54, 1.807) is 0 Å². The van der Waals surface area contributed by atoms with Crippen molar-refractivity contribution in [1.29, 1.82) is 0 Å². The van der Waals surface area contributed by atoms with Gasteiger partial charge in [0.05, 0.1) is 0 Å². The number of hydrogen-bond donors (Lipinski definition) is 3. The molecule has 0 atom stereocenters. The first kappa shape index (κ1) is 13.8. The smallest absolute Gasteiger partial charge is 0.148 e. The molecule has 4 N–H and O–H groups in total. The molecular formula is C13H16BrN5. The van der Waals surface area contributed by atoms with E-state index in [9.17, 15) is 0 Å². The van der Waals surface area contributed by atoms with Crippen molar-refractivity contribution < 1.29 is 0 Å². The lowest BCUT2D eigenvalue weighted by molar-refractivity contribution is 0.932. The van der Waals surface area contributed by atoms with Crippen molar-refractivity contribution in [3.8, 4) is 0 Å². The van der Waals surface area contributed by atoms with Crippen LogP contribution in [-0.2, 0) is 6.42 Å². The number of nitrogen functional groups attached to an aromatic ring is 1. The lowest BCUT2D eigenvalue weighted by Gasteiger charge is -2.13. The molecule has 19 heavy (non-hydrogen) atoms. The maximum atomic E-state index is 5.48. The fourth-order valence-corrected chi connectivity index (χ4v) is 1.92. The average Bonchev–Trinajstić information content (AvgIpc) is 2.43. The molecule has 0 aliphatic heterocycles. The first-order valence-electron chi connectivity index (χ1n) is 6.00. The molecular weight excluding hydrogens is 306 g/mol. The Balaban J connectivity index is 2.35. The quantitative estimate of drug-likeness (QED) is 0.595. The molecule has 1 heterocycles. The predicted molar refractivity (Wildman–Crippen MR) is 81.4 cm³/mol. The van der Waals surface area contributed by atoms with E-state index in [1.807, 2.05) is 38.1 Å². The third-order valence-corrected chi connectivity index (χ3v) is 3.28. The molecule has 0 bridgehead atoms. The predicted octanol–water partition coefficient (Wildman–Crippen LogP) is 3.14. The summed E-state index contributed by atoms with van der Waals surface area (Å²) in [5, 5.41) is 3.28. The van der Waals surface area contributed by atoms with Gasteiger partial charge in [-0.05, 0) is 31.2 Å². The van der Waals surface area contributed by atoms with Crippen LogP contribution in [0.25, 0.3) is 0 Å². The van der Waals surface area contributed by atoms with Crippen LogP contribution in [0.1, 0.15) is 18.3 Å². The number of nitrogens with one attached hydrogen (secondary N) is 2. The molecule has 0 unspecified atom stereocenters. The Bertz CT molecular complexity index is 568. The van der Waals surface area contributed by atoms with Gasteiger partial charge in [-0.25, -0.2) is 15.8 Å². The number of benzene rings is 1. The van der Waals surface area contributed by atoms with E-state index in [4.69, 9.17) is 5.84 Å². The molecule has 0 saturated heterocycles. The SMILES string of the molecule is CCc1nc(NN)c(C)c(Nc2ccc(Br)cc2)n1. The van der Waals surface area contributed by atoms with Crippen LogP contribution in [-0.4, -0.2) is 9.97 Å². The fourth-order valence-electron chi connectivity index (χ4n) is 1.65. The van der Waals surface area contributed by atoms with Crippen LogP contribution in [0.4, 0.5) is 17.3 Å². The number of nitrogens with two attached hydrogens (primary N) is 1. The van der Waals surface area contributed by atoms with Crippen molar-refractivity contribution >= 4 is 33.3 Å². The average molecular weight is 322 g/mol. The van der Waals surface area contributed by atoms with E-state index in [-0.39, 0.29) is 0 Å². The lowest BCUT2D eigenvalue weighted by Crippen LogP contribution is -2.13. The molecule has 0 aliphatic rings. The number of anilines is 3. The molecule has 0 spiro atoms. The maximum Gasteiger partial charge on any atom is 0.148 e. The van der Waals surface area contributed by atoms with Gasteiger partial charge in [-0.15, -0.1) is 0 Å². The minimum Gasteiger partial charge on any atom is -0.340 e. The van der Waals surface area contributed by atoms with Gasteiger partial charge in [-0.2, -0.15) is 0 Å². The molecule has 6 heteroatoms. The number of rotatable bonds is 4. The highest BCUT2D eigenvalue weighted by Crippen LogP contribution is 2.24. The Morgan fingerprint density at radius 2 is 1.79 bits per heavy atom. The number of aromatic nitrogens is 2. The normalized spacial score (nSPS) is 10.3. The minimum atomic E-state index is 0.645. The summed E-state index contributed by atoms with van der Waals surface area (Å²) in [6.07, 6.45) is 0.754. The van der Waals surface area contributed by atoms with Crippen molar-refractivity contribution in [3.05, 3.63) is 40.1 Å². The topological polar surface area (TPSA) is 75.9 Å². The summed E-state index contributed by atoms with van der Waals surface area (Å²) in [5.74, 6) is 7.64. The number of hydrogen-bond acceptors (Lipinski definition) is 5. The van der Waals surface area contributed by atoms with Crippen LogP contribution < -0.4 is 16.6 Å². The monoisotopic (exact) mass is 321 g/mol. The standard InChI is InChI=1S/C13H16BrN5/c1-3-11-17-12(8(2)13(18-11)19-15)16-10-6-4-9(14)5-7-10/h4-7H,3,15H2,1-2H3,(H2,16,17,18,19). The summed E-state index contributed by atoms with van der Waals surface area (Å²) in [5.41, 5.74) is 4.47. The van der Waals surface area contributed by atoms with Crippen molar-refractivity contribution in [2.45, 2.75) is 20.3 Å². The summed E-state index contributed by atoms with van der Waals surface area (Å²) in [6.45, 7) is 3.93. The Morgan fingerprint density at radius 3 is 2.37 bits per heavy atom. The number of aryl methyl sites for hydroxylation is 1. The van der Waals surface area contributed by atoms with Crippen LogP contribution in [0, 0.1) is 6.92 Å². The van der Waals surface area contributed by atoms with Crippen LogP contribution in [0.15, 0.2) is 28.7 Å². The first-order chi connectivity index (χ1) is 9.13. The first-order valence-corrected chi connectivity index (χ1v) is 6.80. The Morgan fingerprint density at radius 1 is 1.16 bits per heavy atom. The minimum absolute atomic E-state index is 0.645. The zero-order valence-corrected chi connectivity index (χ0v) is 12.5. The van der Waals surface area contributed by atoms with Crippen LogP contribution in [0.5, 0.6) is 0 Å². The second-order valence-corrected chi connectivity index (χ2v) is 5.01. The molecule has 1 aromatic carbocycles. The summed E-state index contributed by atoms with van der Waals surface area (Å²) in [4.78, 5) is 8.82. The number of nitrogens with zero attached hydrogens (tertiary/aromatic N) is 2. The van der Waals surface area contributed by atoms with Gasteiger partial charge in [0.1, 0.15) is 17.5 Å². The highest BCUT2D eigenvalue weighted by atomic mass is 79.9. The third-order valence-electron chi connectivity index (χ3n) is 2.75. The van der Waals surface area contributed by atoms with Crippen molar-refractivity contribution in [3.63, 3.8) is 0 Å². The van der Waals surface area contributed by atoms with Crippen LogP contribution >= 0.6 is 15.9 Å². The lowest BCUT2D eigenvalue weighted by atomic mass is 10.2. The van der Waals surface area contributed by atoms with Gasteiger partial charge in [0.25, 0.3) is 0 Å². The van der Waals surface area contributed by atoms with Gasteiger partial charge in [-0.1, -0.05) is 22.9 Å². The van der Waals surface area contributed by atoms with E-state index < -0.39 is 0 Å². The molecule has 100 valence electrons. The summed E-state index contributed by atoms with van der Waals surface area (Å²) in [6, 6.07) is 7.91. The van der Waals surface area contributed by atoms with E-state index in [0.29, 0.717) is 5.82 Å². The van der Waals surface area contributed by atoms with E-state index in [0.717, 1.165) is 33.8 Å². The van der Waals surface area contributed by atoms with Gasteiger partial charge in [0, 0.05) is 22.1 Å². The Labute approximate surface area is 120 Å². The van der Waals surface area contributed by atoms with Crippen molar-refractivity contribution in [1.82, 2.24) is 9.97 Å². The zero-order chi connectivity index (χ0) is 13.8. The molecule has 1 aromatic heterocycles. The Kier molecular flexibility index (Phi) is 4.34. The maximum absolute atomic E-state index is 5.48. The van der Waals surface area contributed by atoms with Gasteiger partial charge in [0.15, 0.2) is 0 Å². The van der Waals surface area contributed by atoms with E-state index >= 15 is 0 Å². The molecule has 2 aromatic rings. The second-order valence-electron chi connectivity index (χ2n) is 4.09. The molecule has 0 saturated carbocycles. The van der Waals surface area contributed by atoms with Crippen molar-refractivity contribution in [2.75, 3.05) is 10.7 Å². The summed E-state index contributed by atoms with van der Waals surface area (Å²) < 4.78 is 1.04. The largest absolute Gasteiger partial charge is 0.340 e. The molecule has 0 radical (unpaired) electrons. The molecule has 0 amide bonds. The summed E-state index contributed by atoms with van der Waals surface area (Å²) >= 11 is 3.41. The molecule has 0 fully saturated rings. The van der Waals surface area contributed by atoms with Crippen LogP contribution in [0.3, 0.4) is 0 Å². The fraction of sp³-hybridized carbons (Fsp3) is 0.231.